The van der Waals surface area contributed by atoms with Crippen LogP contribution in [0, 0.1) is 5.92 Å². The third kappa shape index (κ3) is 2.67. The van der Waals surface area contributed by atoms with Crippen LogP contribution in [-0.4, -0.2) is 25.9 Å². The molecular formula is C15H22N2O2. The largest absolute Gasteiger partial charge is 0.381 e. The molecule has 2 heterocycles. The minimum atomic E-state index is 0.0676. The zero-order chi connectivity index (χ0) is 13.1. The second-order valence-electron chi connectivity index (χ2n) is 5.38. The first-order chi connectivity index (χ1) is 9.40. The maximum absolute atomic E-state index is 6.03. The highest BCUT2D eigenvalue weighted by Crippen LogP contribution is 2.34. The molecule has 1 saturated heterocycles. The molecule has 3 N–H and O–H groups in total. The lowest BCUT2D eigenvalue weighted by Gasteiger charge is -2.38. The van der Waals surface area contributed by atoms with E-state index in [1.165, 1.54) is 11.1 Å². The van der Waals surface area contributed by atoms with Crippen LogP contribution < -0.4 is 11.3 Å². The maximum atomic E-state index is 6.03. The van der Waals surface area contributed by atoms with Gasteiger partial charge < -0.3 is 9.47 Å². The predicted octanol–water partition coefficient (Wildman–Crippen LogP) is 1.56. The van der Waals surface area contributed by atoms with Crippen molar-refractivity contribution in [1.82, 2.24) is 5.43 Å². The first-order valence-electron chi connectivity index (χ1n) is 7.13. The van der Waals surface area contributed by atoms with E-state index in [9.17, 15) is 0 Å². The summed E-state index contributed by atoms with van der Waals surface area (Å²) in [7, 11) is 0. The molecular weight excluding hydrogens is 240 g/mol. The molecule has 1 fully saturated rings. The normalized spacial score (nSPS) is 25.8. The number of hydrogen-bond acceptors (Lipinski definition) is 4. The van der Waals surface area contributed by atoms with Crippen LogP contribution in [0.5, 0.6) is 0 Å². The Morgan fingerprint density at radius 2 is 1.95 bits per heavy atom. The van der Waals surface area contributed by atoms with E-state index in [1.54, 1.807) is 0 Å². The number of nitrogens with one attached hydrogen (secondary N) is 1. The van der Waals surface area contributed by atoms with Crippen molar-refractivity contribution in [2.24, 2.45) is 11.8 Å². The van der Waals surface area contributed by atoms with Crippen molar-refractivity contribution in [2.75, 3.05) is 19.8 Å². The van der Waals surface area contributed by atoms with E-state index >= 15 is 0 Å². The van der Waals surface area contributed by atoms with Gasteiger partial charge in [0.25, 0.3) is 0 Å². The number of rotatable bonds is 3. The Kier molecular flexibility index (Phi) is 4.13. The van der Waals surface area contributed by atoms with Crippen LogP contribution in [0.4, 0.5) is 0 Å². The highest BCUT2D eigenvalue weighted by atomic mass is 16.5. The van der Waals surface area contributed by atoms with Crippen molar-refractivity contribution in [1.29, 1.82) is 0 Å². The summed E-state index contributed by atoms with van der Waals surface area (Å²) in [4.78, 5) is 0. The van der Waals surface area contributed by atoms with E-state index in [4.69, 9.17) is 15.3 Å². The molecule has 0 bridgehead atoms. The molecule has 0 aromatic heterocycles. The van der Waals surface area contributed by atoms with Gasteiger partial charge in [0.15, 0.2) is 0 Å². The zero-order valence-corrected chi connectivity index (χ0v) is 11.2. The highest BCUT2D eigenvalue weighted by Gasteiger charge is 2.34. The maximum Gasteiger partial charge on any atom is 0.0996 e. The summed E-state index contributed by atoms with van der Waals surface area (Å²) in [5, 5.41) is 0. The molecule has 2 aliphatic heterocycles. The average Bonchev–Trinajstić information content (AvgIpc) is 2.49. The van der Waals surface area contributed by atoms with Gasteiger partial charge in [0.1, 0.15) is 0 Å². The van der Waals surface area contributed by atoms with Gasteiger partial charge in [-0.15, -0.1) is 0 Å². The summed E-state index contributed by atoms with van der Waals surface area (Å²) in [6.07, 6.45) is 3.17. The van der Waals surface area contributed by atoms with Crippen molar-refractivity contribution < 1.29 is 9.47 Å². The number of benzene rings is 1. The van der Waals surface area contributed by atoms with E-state index in [0.717, 1.165) is 39.1 Å². The summed E-state index contributed by atoms with van der Waals surface area (Å²) in [5.41, 5.74) is 5.69. The predicted molar refractivity (Wildman–Crippen MR) is 73.5 cm³/mol. The molecule has 4 heteroatoms. The molecule has 1 aromatic rings. The zero-order valence-electron chi connectivity index (χ0n) is 11.2. The van der Waals surface area contributed by atoms with Crippen LogP contribution >= 0.6 is 0 Å². The highest BCUT2D eigenvalue weighted by molar-refractivity contribution is 5.32. The molecule has 104 valence electrons. The molecule has 19 heavy (non-hydrogen) atoms. The van der Waals surface area contributed by atoms with Crippen LogP contribution in [0.1, 0.15) is 30.1 Å². The van der Waals surface area contributed by atoms with E-state index < -0.39 is 0 Å². The molecule has 0 amide bonds. The number of fused-ring (bicyclic) bond motifs is 1. The first-order valence-corrected chi connectivity index (χ1v) is 7.13. The molecule has 1 aromatic carbocycles. The van der Waals surface area contributed by atoms with Crippen LogP contribution in [0.15, 0.2) is 24.3 Å². The summed E-state index contributed by atoms with van der Waals surface area (Å²) in [5.74, 6) is 6.34. The smallest absolute Gasteiger partial charge is 0.0996 e. The van der Waals surface area contributed by atoms with E-state index in [1.807, 2.05) is 0 Å². The summed E-state index contributed by atoms with van der Waals surface area (Å²) in [6, 6.07) is 8.72. The van der Waals surface area contributed by atoms with E-state index in [2.05, 4.69) is 29.7 Å². The SMILES string of the molecule is NNC(C1CCOCC1)C1OCCc2ccccc21. The third-order valence-corrected chi connectivity index (χ3v) is 4.32. The quantitative estimate of drug-likeness (QED) is 0.641. The molecule has 2 aliphatic rings. The molecule has 0 aliphatic carbocycles. The van der Waals surface area contributed by atoms with E-state index in [0.29, 0.717) is 5.92 Å². The Morgan fingerprint density at radius 1 is 1.16 bits per heavy atom. The molecule has 0 spiro atoms. The van der Waals surface area contributed by atoms with Gasteiger partial charge >= 0.3 is 0 Å². The fourth-order valence-electron chi connectivity index (χ4n) is 3.27. The van der Waals surface area contributed by atoms with Crippen molar-refractivity contribution >= 4 is 0 Å². The summed E-state index contributed by atoms with van der Waals surface area (Å²) < 4.78 is 11.5. The van der Waals surface area contributed by atoms with Gasteiger partial charge in [-0.1, -0.05) is 24.3 Å². The van der Waals surface area contributed by atoms with Crippen LogP contribution in [0.3, 0.4) is 0 Å². The van der Waals surface area contributed by atoms with Gasteiger partial charge in [-0.25, -0.2) is 0 Å². The van der Waals surface area contributed by atoms with Crippen molar-refractivity contribution in [2.45, 2.75) is 31.4 Å². The van der Waals surface area contributed by atoms with E-state index in [-0.39, 0.29) is 12.1 Å². The van der Waals surface area contributed by atoms with Crippen molar-refractivity contribution in [3.63, 3.8) is 0 Å². The monoisotopic (exact) mass is 262 g/mol. The van der Waals surface area contributed by atoms with Gasteiger partial charge in [-0.3, -0.25) is 11.3 Å². The second kappa shape index (κ2) is 6.01. The fraction of sp³-hybridized carbons (Fsp3) is 0.600. The Bertz CT molecular complexity index is 418. The third-order valence-electron chi connectivity index (χ3n) is 4.32. The minimum absolute atomic E-state index is 0.0676. The van der Waals surface area contributed by atoms with Crippen LogP contribution in [0.25, 0.3) is 0 Å². The minimum Gasteiger partial charge on any atom is -0.381 e. The number of hydrogen-bond donors (Lipinski definition) is 2. The van der Waals surface area contributed by atoms with Crippen LogP contribution in [-0.2, 0) is 15.9 Å². The van der Waals surface area contributed by atoms with Crippen molar-refractivity contribution in [3.8, 4) is 0 Å². The topological polar surface area (TPSA) is 56.5 Å². The molecule has 2 unspecified atom stereocenters. The molecule has 2 atom stereocenters. The summed E-state index contributed by atoms with van der Waals surface area (Å²) >= 11 is 0. The van der Waals surface area contributed by atoms with Gasteiger partial charge in [-0.2, -0.15) is 0 Å². The average molecular weight is 262 g/mol. The standard InChI is InChI=1S/C15H22N2O2/c16-17-14(12-5-8-18-9-6-12)15-13-4-2-1-3-11(13)7-10-19-15/h1-4,12,14-15,17H,5-10,16H2. The molecule has 4 nitrogen and oxygen atoms in total. The van der Waals surface area contributed by atoms with Gasteiger partial charge in [0.05, 0.1) is 18.8 Å². The van der Waals surface area contributed by atoms with Crippen LogP contribution in [0.2, 0.25) is 0 Å². The Labute approximate surface area is 114 Å². The van der Waals surface area contributed by atoms with Crippen molar-refractivity contribution in [3.05, 3.63) is 35.4 Å². The first kappa shape index (κ1) is 13.1. The Balaban J connectivity index is 1.83. The number of ether oxygens (including phenoxy) is 2. The Morgan fingerprint density at radius 3 is 2.74 bits per heavy atom. The molecule has 0 saturated carbocycles. The lowest BCUT2D eigenvalue weighted by atomic mass is 9.83. The number of nitrogens with two attached hydrogens (primary N) is 1. The second-order valence-corrected chi connectivity index (χ2v) is 5.38. The molecule has 0 radical (unpaired) electrons. The lowest BCUT2D eigenvalue weighted by molar-refractivity contribution is -0.0244. The fourth-order valence-corrected chi connectivity index (χ4v) is 3.27. The van der Waals surface area contributed by atoms with Gasteiger partial charge in [0, 0.05) is 13.2 Å². The number of hydrazine groups is 1. The molecule has 3 rings (SSSR count). The van der Waals surface area contributed by atoms with Gasteiger partial charge in [-0.05, 0) is 36.3 Å². The summed E-state index contributed by atoms with van der Waals surface area (Å²) in [6.45, 7) is 2.44. The Hall–Kier alpha value is -0.940. The lowest BCUT2D eigenvalue weighted by Crippen LogP contribution is -2.48. The van der Waals surface area contributed by atoms with Gasteiger partial charge in [0.2, 0.25) is 0 Å².